The quantitative estimate of drug-likeness (QED) is 0.633. The van der Waals surface area contributed by atoms with Crippen molar-refractivity contribution in [3.63, 3.8) is 0 Å². The monoisotopic (exact) mass is 269 g/mol. The Balaban J connectivity index is 3.11. The molecule has 104 valence electrons. The molecule has 8 heteroatoms. The highest BCUT2D eigenvalue weighted by Crippen LogP contribution is 2.18. The number of nitro groups is 1. The van der Waals surface area contributed by atoms with Crippen molar-refractivity contribution >= 4 is 17.6 Å². The van der Waals surface area contributed by atoms with Crippen LogP contribution in [0.4, 0.5) is 5.69 Å². The zero-order chi connectivity index (χ0) is 14.7. The van der Waals surface area contributed by atoms with Crippen LogP contribution in [0.1, 0.15) is 24.3 Å². The summed E-state index contributed by atoms with van der Waals surface area (Å²) in [6.45, 7) is 3.49. The lowest BCUT2D eigenvalue weighted by Crippen LogP contribution is -2.40. The van der Waals surface area contributed by atoms with Gasteiger partial charge in [-0.2, -0.15) is 0 Å². The molecule has 0 fully saturated rings. The van der Waals surface area contributed by atoms with Crippen LogP contribution in [0.2, 0.25) is 0 Å². The SMILES string of the molecule is CCn1cc([N+](=O)[O-])cc1C(=O)N(C)C(C)C(=O)O. The molecule has 0 aromatic carbocycles. The summed E-state index contributed by atoms with van der Waals surface area (Å²) in [4.78, 5) is 34.1. The van der Waals surface area contributed by atoms with Gasteiger partial charge in [0.15, 0.2) is 0 Å². The maximum atomic E-state index is 12.1. The molecular formula is C11H15N3O5. The maximum Gasteiger partial charge on any atom is 0.326 e. The highest BCUT2D eigenvalue weighted by molar-refractivity contribution is 5.95. The zero-order valence-electron chi connectivity index (χ0n) is 10.9. The molecule has 0 spiro atoms. The lowest BCUT2D eigenvalue weighted by molar-refractivity contribution is -0.384. The van der Waals surface area contributed by atoms with Crippen molar-refractivity contribution in [3.8, 4) is 0 Å². The molecule has 1 heterocycles. The van der Waals surface area contributed by atoms with Gasteiger partial charge >= 0.3 is 5.97 Å². The van der Waals surface area contributed by atoms with Gasteiger partial charge in [0.2, 0.25) is 0 Å². The number of likely N-dealkylation sites (N-methyl/N-ethyl adjacent to an activating group) is 1. The van der Waals surface area contributed by atoms with Gasteiger partial charge in [-0.15, -0.1) is 0 Å². The van der Waals surface area contributed by atoms with Gasteiger partial charge in [0.1, 0.15) is 11.7 Å². The van der Waals surface area contributed by atoms with Gasteiger partial charge in [0, 0.05) is 19.7 Å². The van der Waals surface area contributed by atoms with Gasteiger partial charge in [-0.3, -0.25) is 14.9 Å². The molecule has 0 saturated carbocycles. The summed E-state index contributed by atoms with van der Waals surface area (Å²) in [5.41, 5.74) is -0.0913. The standard InChI is InChI=1S/C11H15N3O5/c1-4-13-6-8(14(18)19)5-9(13)10(15)12(3)7(2)11(16)17/h5-7H,4H2,1-3H3,(H,16,17). The minimum Gasteiger partial charge on any atom is -0.480 e. The van der Waals surface area contributed by atoms with Crippen molar-refractivity contribution in [2.45, 2.75) is 26.4 Å². The highest BCUT2D eigenvalue weighted by Gasteiger charge is 2.26. The molecule has 1 amide bonds. The number of rotatable bonds is 5. The minimum atomic E-state index is -1.14. The Morgan fingerprint density at radius 1 is 1.58 bits per heavy atom. The van der Waals surface area contributed by atoms with Gasteiger partial charge < -0.3 is 14.6 Å². The fraction of sp³-hybridized carbons (Fsp3) is 0.455. The summed E-state index contributed by atoms with van der Waals surface area (Å²) in [5.74, 6) is -1.70. The van der Waals surface area contributed by atoms with Gasteiger partial charge in [0.25, 0.3) is 11.6 Å². The van der Waals surface area contributed by atoms with E-state index in [0.717, 1.165) is 11.0 Å². The lowest BCUT2D eigenvalue weighted by atomic mass is 10.2. The largest absolute Gasteiger partial charge is 0.480 e. The highest BCUT2D eigenvalue weighted by atomic mass is 16.6. The minimum absolute atomic E-state index is 0.102. The second-order valence-corrected chi connectivity index (χ2v) is 4.06. The predicted molar refractivity (Wildman–Crippen MR) is 66.0 cm³/mol. The molecule has 0 radical (unpaired) electrons. The number of carboxylic acids is 1. The van der Waals surface area contributed by atoms with E-state index in [-0.39, 0.29) is 11.4 Å². The third-order valence-electron chi connectivity index (χ3n) is 2.91. The molecule has 1 unspecified atom stereocenters. The van der Waals surface area contributed by atoms with Gasteiger partial charge in [-0.1, -0.05) is 0 Å². The van der Waals surface area contributed by atoms with Crippen LogP contribution in [0.15, 0.2) is 12.3 Å². The Morgan fingerprint density at radius 3 is 2.58 bits per heavy atom. The summed E-state index contributed by atoms with van der Waals surface area (Å²) in [7, 11) is 1.35. The molecule has 0 bridgehead atoms. The fourth-order valence-electron chi connectivity index (χ4n) is 1.56. The number of nitrogens with zero attached hydrogens (tertiary/aromatic N) is 3. The first-order valence-electron chi connectivity index (χ1n) is 5.64. The number of carbonyl (C=O) groups is 2. The number of hydrogen-bond donors (Lipinski definition) is 1. The number of carbonyl (C=O) groups excluding carboxylic acids is 1. The summed E-state index contributed by atoms with van der Waals surface area (Å²) in [5, 5.41) is 19.5. The molecular weight excluding hydrogens is 254 g/mol. The van der Waals surface area contributed by atoms with Gasteiger partial charge in [-0.05, 0) is 13.8 Å². The first-order chi connectivity index (χ1) is 8.79. The Bertz CT molecular complexity index is 522. The average Bonchev–Trinajstić information content (AvgIpc) is 2.80. The molecule has 0 saturated heterocycles. The Hall–Kier alpha value is -2.38. The zero-order valence-corrected chi connectivity index (χ0v) is 10.9. The van der Waals surface area contributed by atoms with E-state index in [9.17, 15) is 19.7 Å². The van der Waals surface area contributed by atoms with Crippen molar-refractivity contribution in [2.24, 2.45) is 0 Å². The van der Waals surface area contributed by atoms with E-state index in [4.69, 9.17) is 5.11 Å². The van der Waals surface area contributed by atoms with E-state index in [1.54, 1.807) is 6.92 Å². The summed E-state index contributed by atoms with van der Waals surface area (Å²) >= 11 is 0. The van der Waals surface area contributed by atoms with Crippen molar-refractivity contribution in [2.75, 3.05) is 7.05 Å². The van der Waals surface area contributed by atoms with Gasteiger partial charge in [-0.25, -0.2) is 4.79 Å². The number of hydrogen-bond acceptors (Lipinski definition) is 4. The summed E-state index contributed by atoms with van der Waals surface area (Å²) in [6, 6.07) is 0.142. The second-order valence-electron chi connectivity index (χ2n) is 4.06. The molecule has 1 N–H and O–H groups in total. The first kappa shape index (κ1) is 14.7. The van der Waals surface area contributed by atoms with Crippen molar-refractivity contribution in [1.82, 2.24) is 9.47 Å². The number of aryl methyl sites for hydroxylation is 1. The fourth-order valence-corrected chi connectivity index (χ4v) is 1.56. The first-order valence-corrected chi connectivity index (χ1v) is 5.64. The van der Waals surface area contributed by atoms with Crippen LogP contribution in [-0.2, 0) is 11.3 Å². The van der Waals surface area contributed by atoms with E-state index in [0.29, 0.717) is 6.54 Å². The molecule has 0 aliphatic carbocycles. The van der Waals surface area contributed by atoms with Crippen LogP contribution in [0.3, 0.4) is 0 Å². The average molecular weight is 269 g/mol. The van der Waals surface area contributed by atoms with Crippen LogP contribution in [0, 0.1) is 10.1 Å². The third kappa shape index (κ3) is 2.90. The molecule has 1 rings (SSSR count). The second kappa shape index (κ2) is 5.51. The smallest absolute Gasteiger partial charge is 0.326 e. The number of aromatic nitrogens is 1. The van der Waals surface area contributed by atoms with E-state index in [1.807, 2.05) is 0 Å². The molecule has 1 atom stereocenters. The van der Waals surface area contributed by atoms with Gasteiger partial charge in [0.05, 0.1) is 11.1 Å². The van der Waals surface area contributed by atoms with E-state index in [1.165, 1.54) is 24.7 Å². The van der Waals surface area contributed by atoms with E-state index in [2.05, 4.69) is 0 Å². The van der Waals surface area contributed by atoms with Crippen LogP contribution >= 0.6 is 0 Å². The Labute approximate surface area is 109 Å². The molecule has 1 aromatic heterocycles. The lowest BCUT2D eigenvalue weighted by Gasteiger charge is -2.21. The third-order valence-corrected chi connectivity index (χ3v) is 2.91. The number of carboxylic acid groups (broad SMARTS) is 1. The molecule has 19 heavy (non-hydrogen) atoms. The Morgan fingerprint density at radius 2 is 2.16 bits per heavy atom. The number of amides is 1. The molecule has 0 aliphatic rings. The normalized spacial score (nSPS) is 11.9. The molecule has 0 aliphatic heterocycles. The van der Waals surface area contributed by atoms with Crippen molar-refractivity contribution < 1.29 is 19.6 Å². The topological polar surface area (TPSA) is 106 Å². The maximum absolute atomic E-state index is 12.1. The predicted octanol–water partition coefficient (Wildman–Crippen LogP) is 0.961. The Kier molecular flexibility index (Phi) is 4.26. The van der Waals surface area contributed by atoms with Crippen molar-refractivity contribution in [1.29, 1.82) is 0 Å². The summed E-state index contributed by atoms with van der Waals surface area (Å²) in [6.07, 6.45) is 1.26. The van der Waals surface area contributed by atoms with Crippen LogP contribution in [0.25, 0.3) is 0 Å². The molecule has 1 aromatic rings. The van der Waals surface area contributed by atoms with E-state index >= 15 is 0 Å². The molecule has 8 nitrogen and oxygen atoms in total. The number of aliphatic carboxylic acids is 1. The van der Waals surface area contributed by atoms with Crippen LogP contribution < -0.4 is 0 Å². The van der Waals surface area contributed by atoms with Crippen LogP contribution in [-0.4, -0.2) is 44.5 Å². The van der Waals surface area contributed by atoms with Crippen LogP contribution in [0.5, 0.6) is 0 Å². The van der Waals surface area contributed by atoms with Crippen molar-refractivity contribution in [3.05, 3.63) is 28.1 Å². The summed E-state index contributed by atoms with van der Waals surface area (Å²) < 4.78 is 1.42. The van der Waals surface area contributed by atoms with E-state index < -0.39 is 22.8 Å².